The molecule has 1 aromatic carbocycles. The van der Waals surface area contributed by atoms with E-state index in [-0.39, 0.29) is 24.4 Å². The maximum absolute atomic E-state index is 12.4. The predicted octanol–water partition coefficient (Wildman–Crippen LogP) is 12.1. The lowest BCUT2D eigenvalue weighted by molar-refractivity contribution is 0.360. The molecule has 0 bridgehead atoms. The van der Waals surface area contributed by atoms with Crippen LogP contribution in [-0.2, 0) is 6.42 Å². The molecule has 0 spiro atoms. The van der Waals surface area contributed by atoms with Gasteiger partial charge < -0.3 is 8.83 Å². The van der Waals surface area contributed by atoms with Crippen LogP contribution in [0.25, 0.3) is 11.3 Å². The van der Waals surface area contributed by atoms with Crippen molar-refractivity contribution in [3.05, 3.63) is 61.1 Å². The Hall–Kier alpha value is -2.73. The zero-order valence-electron chi connectivity index (χ0n) is 20.3. The van der Waals surface area contributed by atoms with Gasteiger partial charge in [0, 0.05) is 17.5 Å². The van der Waals surface area contributed by atoms with E-state index in [1.54, 1.807) is 20.1 Å². The van der Waals surface area contributed by atoms with Gasteiger partial charge in [-0.3, -0.25) is 0 Å². The van der Waals surface area contributed by atoms with Crippen LogP contribution in [0.15, 0.2) is 69.2 Å². The molecule has 2 heterocycles. The molecule has 0 aliphatic heterocycles. The van der Waals surface area contributed by atoms with Crippen LogP contribution in [0.2, 0.25) is 0 Å². The lowest BCUT2D eigenvalue weighted by Crippen LogP contribution is -2.07. The highest BCUT2D eigenvalue weighted by Gasteiger charge is 2.67. The highest BCUT2D eigenvalue weighted by molar-refractivity contribution is 8.49. The van der Waals surface area contributed by atoms with Crippen LogP contribution in [-0.4, -0.2) is 4.98 Å². The van der Waals surface area contributed by atoms with E-state index < -0.39 is 30.9 Å². The summed E-state index contributed by atoms with van der Waals surface area (Å²) in [5.41, 5.74) is 1.50. The molecule has 0 atom stereocenters. The van der Waals surface area contributed by atoms with Gasteiger partial charge in [0.25, 0.3) is 0 Å². The molecular weight excluding hydrogens is 576 g/mol. The van der Waals surface area contributed by atoms with Crippen molar-refractivity contribution in [1.29, 1.82) is 0 Å². The van der Waals surface area contributed by atoms with Gasteiger partial charge in [0.15, 0.2) is 6.39 Å². The van der Waals surface area contributed by atoms with E-state index in [1.165, 1.54) is 12.3 Å². The Morgan fingerprint density at radius 1 is 0.763 bits per heavy atom. The third-order valence-corrected chi connectivity index (χ3v) is 6.06. The summed E-state index contributed by atoms with van der Waals surface area (Å²) in [6.07, 6.45) is 5.80. The van der Waals surface area contributed by atoms with E-state index in [0.29, 0.717) is 25.7 Å². The number of aryl methyl sites for hydroxylation is 1. The second kappa shape index (κ2) is 10.8. The first-order valence-corrected chi connectivity index (χ1v) is 14.9. The van der Waals surface area contributed by atoms with Crippen LogP contribution in [0.3, 0.4) is 0 Å². The number of nitrogens with zero attached hydrogens (tertiary/aromatic N) is 1. The molecule has 3 rings (SSSR count). The van der Waals surface area contributed by atoms with Crippen molar-refractivity contribution in [3.8, 4) is 22.4 Å². The number of hydrogen-bond acceptors (Lipinski definition) is 3. The van der Waals surface area contributed by atoms with Gasteiger partial charge in [0.05, 0.1) is 11.5 Å². The van der Waals surface area contributed by atoms with Crippen molar-refractivity contribution in [2.75, 3.05) is 0 Å². The normalized spacial score (nSPS) is 15.1. The Morgan fingerprint density at radius 3 is 1.84 bits per heavy atom. The zero-order chi connectivity index (χ0) is 29.3. The van der Waals surface area contributed by atoms with Crippen LogP contribution in [0, 0.1) is 11.2 Å². The Bertz CT molecular complexity index is 1200. The first-order valence-electron chi connectivity index (χ1n) is 11.0. The SMILES string of the molecule is CCCCC#CS(F)(F)(F)(F)F.CCCCc1cocc1S(F)(F)(F)(F)F.c1ccc(-c2cocn2)cc1. The predicted molar refractivity (Wildman–Crippen MR) is 131 cm³/mol. The molecule has 0 saturated heterocycles. The minimum atomic E-state index is -9.57. The number of rotatable bonds is 7. The van der Waals surface area contributed by atoms with E-state index >= 15 is 0 Å². The number of oxazole rings is 1. The van der Waals surface area contributed by atoms with Crippen molar-refractivity contribution in [1.82, 2.24) is 4.98 Å². The average molecular weight is 604 g/mol. The molecule has 0 unspecified atom stereocenters. The van der Waals surface area contributed by atoms with Gasteiger partial charge in [-0.2, -0.15) is 0 Å². The molecule has 0 aliphatic carbocycles. The number of halogens is 10. The van der Waals surface area contributed by atoms with E-state index in [2.05, 4.69) is 9.40 Å². The highest BCUT2D eigenvalue weighted by atomic mass is 32.5. The van der Waals surface area contributed by atoms with Gasteiger partial charge in [-0.25, -0.2) is 4.98 Å². The van der Waals surface area contributed by atoms with Gasteiger partial charge in [-0.05, 0) is 19.3 Å². The van der Waals surface area contributed by atoms with Crippen LogP contribution < -0.4 is 0 Å². The maximum Gasteiger partial charge on any atom is 0.345 e. The second-order valence-corrected chi connectivity index (χ2v) is 12.4. The largest absolute Gasteiger partial charge is 0.471 e. The van der Waals surface area contributed by atoms with Crippen LogP contribution >= 0.6 is 20.4 Å². The van der Waals surface area contributed by atoms with Crippen LogP contribution in [0.4, 0.5) is 38.9 Å². The summed E-state index contributed by atoms with van der Waals surface area (Å²) in [5.74, 6) is 1.43. The molecule has 0 amide bonds. The summed E-state index contributed by atoms with van der Waals surface area (Å²) < 4.78 is 128. The molecule has 15 heteroatoms. The van der Waals surface area contributed by atoms with Gasteiger partial charge in [-0.15, -0.1) is 0 Å². The fourth-order valence-corrected chi connectivity index (χ4v) is 3.87. The second-order valence-electron chi connectivity index (χ2n) is 7.92. The standard InChI is InChI=1S/C9H7NO.C8H11F5OS.C6H9F5S/c1-2-4-8(5-3-1)9-6-11-7-10-9;1-2-3-4-7-5-14-6-8(7)15(9,10,11,12)13;1-2-3-4-5-6-12(7,8,9,10)11/h1-7H;5-6H,2-4H2,1H3;2-4H2,1H3. The molecular formula is C23H27F10NO2S2. The maximum atomic E-state index is 12.4. The quantitative estimate of drug-likeness (QED) is 0.153. The molecule has 0 N–H and O–H groups in total. The molecule has 0 saturated carbocycles. The van der Waals surface area contributed by atoms with Gasteiger partial charge in [0.1, 0.15) is 23.1 Å². The van der Waals surface area contributed by atoms with Crippen LogP contribution in [0.5, 0.6) is 0 Å². The number of aromatic nitrogens is 1. The van der Waals surface area contributed by atoms with Gasteiger partial charge in [-0.1, -0.05) is 102 Å². The molecule has 3 nitrogen and oxygen atoms in total. The van der Waals surface area contributed by atoms with Crippen molar-refractivity contribution < 1.29 is 47.7 Å². The molecule has 38 heavy (non-hydrogen) atoms. The van der Waals surface area contributed by atoms with E-state index in [9.17, 15) is 38.9 Å². The van der Waals surface area contributed by atoms with Crippen molar-refractivity contribution in [2.24, 2.45) is 0 Å². The summed E-state index contributed by atoms with van der Waals surface area (Å²) >= 11 is 0. The summed E-state index contributed by atoms with van der Waals surface area (Å²) in [7, 11) is -19.0. The monoisotopic (exact) mass is 603 g/mol. The first-order chi connectivity index (χ1) is 17.0. The fraction of sp³-hybridized carbons (Fsp3) is 0.348. The number of hydrogen-bond donors (Lipinski definition) is 0. The third kappa shape index (κ3) is 14.3. The number of furan rings is 1. The minimum absolute atomic E-state index is 0.0477. The van der Waals surface area contributed by atoms with Gasteiger partial charge >= 0.3 is 20.4 Å². The Balaban J connectivity index is 0.000000289. The van der Waals surface area contributed by atoms with Crippen molar-refractivity contribution in [3.63, 3.8) is 0 Å². The first kappa shape index (κ1) is 33.3. The molecule has 2 aromatic heterocycles. The van der Waals surface area contributed by atoms with E-state index in [4.69, 9.17) is 4.42 Å². The van der Waals surface area contributed by atoms with E-state index in [1.807, 2.05) is 30.3 Å². The lowest BCUT2D eigenvalue weighted by atomic mass is 10.1. The lowest BCUT2D eigenvalue weighted by Gasteiger charge is -2.40. The zero-order valence-corrected chi connectivity index (χ0v) is 21.9. The van der Waals surface area contributed by atoms with E-state index in [0.717, 1.165) is 17.5 Å². The molecule has 0 radical (unpaired) electrons. The number of benzene rings is 1. The molecule has 218 valence electrons. The van der Waals surface area contributed by atoms with Crippen molar-refractivity contribution >= 4 is 20.4 Å². The minimum Gasteiger partial charge on any atom is -0.471 e. The smallest absolute Gasteiger partial charge is 0.345 e. The fourth-order valence-electron chi connectivity index (χ4n) is 2.62. The van der Waals surface area contributed by atoms with Gasteiger partial charge in [0.2, 0.25) is 0 Å². The molecule has 0 fully saturated rings. The molecule has 0 aliphatic rings. The summed E-state index contributed by atoms with van der Waals surface area (Å²) in [5, 5.41) is 0.144. The summed E-state index contributed by atoms with van der Waals surface area (Å²) in [6, 6.07) is 9.92. The van der Waals surface area contributed by atoms with Crippen LogP contribution in [0.1, 0.15) is 51.5 Å². The average Bonchev–Trinajstić information content (AvgIpc) is 3.47. The Labute approximate surface area is 214 Å². The highest BCUT2D eigenvalue weighted by Crippen LogP contribution is 3.02. The third-order valence-electron chi connectivity index (χ3n) is 4.34. The molecule has 3 aromatic rings. The summed E-state index contributed by atoms with van der Waals surface area (Å²) in [6.45, 7) is 3.50. The van der Waals surface area contributed by atoms with Crippen molar-refractivity contribution in [2.45, 2.75) is 57.3 Å². The topological polar surface area (TPSA) is 39.2 Å². The number of unbranched alkanes of at least 4 members (excludes halogenated alkanes) is 3. The summed E-state index contributed by atoms with van der Waals surface area (Å²) in [4.78, 5) is 2.13. The Morgan fingerprint density at radius 2 is 1.37 bits per heavy atom. The Kier molecular flexibility index (Phi) is 9.46.